The minimum atomic E-state index is -0.795. The number of amides is 3. The summed E-state index contributed by atoms with van der Waals surface area (Å²) in [6.07, 6.45) is 12.4. The number of carbonyl (C=O) groups is 3. The molecule has 3 aliphatic carbocycles. The van der Waals surface area contributed by atoms with Gasteiger partial charge in [-0.15, -0.1) is 0 Å². The lowest BCUT2D eigenvalue weighted by atomic mass is 9.61. The van der Waals surface area contributed by atoms with E-state index in [9.17, 15) is 14.4 Å². The highest BCUT2D eigenvalue weighted by Gasteiger charge is 2.50. The van der Waals surface area contributed by atoms with Crippen LogP contribution in [-0.2, 0) is 26.8 Å². The second-order valence-corrected chi connectivity index (χ2v) is 15.3. The van der Waals surface area contributed by atoms with Gasteiger partial charge in [0, 0.05) is 32.1 Å². The average molecular weight is 618 g/mol. The van der Waals surface area contributed by atoms with Gasteiger partial charge in [-0.1, -0.05) is 52.2 Å². The van der Waals surface area contributed by atoms with Crippen LogP contribution in [0.15, 0.2) is 36.5 Å². The Kier molecular flexibility index (Phi) is 8.85. The van der Waals surface area contributed by atoms with Crippen molar-refractivity contribution in [1.29, 1.82) is 0 Å². The normalized spacial score (nSPS) is 26.7. The van der Waals surface area contributed by atoms with Gasteiger partial charge in [-0.2, -0.15) is 5.10 Å². The predicted molar refractivity (Wildman–Crippen MR) is 174 cm³/mol. The molecular formula is C36H51N5O4. The number of carbonyl (C=O) groups excluding carboxylic acids is 3. The molecule has 2 aromatic rings. The number of hydrogen-bond donors (Lipinski definition) is 3. The van der Waals surface area contributed by atoms with E-state index < -0.39 is 11.5 Å². The van der Waals surface area contributed by atoms with Gasteiger partial charge in [-0.05, 0) is 97.3 Å². The molecule has 1 aromatic heterocycles. The number of benzene rings is 1. The van der Waals surface area contributed by atoms with Crippen LogP contribution >= 0.6 is 0 Å². The molecule has 3 N–H and O–H groups in total. The van der Waals surface area contributed by atoms with Crippen molar-refractivity contribution in [2.24, 2.45) is 35.6 Å². The SMILES string of the molecule is Cn1nccc1C(=O)N[C@H](C(=O)Nc1cccc(C2(C(=O)NCC3(C)CCC3)CCOC2)c1)C(C1CC1)C1CCCCC1(C)C. The molecule has 1 saturated heterocycles. The molecule has 4 atom stereocenters. The molecule has 0 spiro atoms. The van der Waals surface area contributed by atoms with Crippen molar-refractivity contribution in [2.45, 2.75) is 96.4 Å². The van der Waals surface area contributed by atoms with Crippen molar-refractivity contribution in [2.75, 3.05) is 25.1 Å². The van der Waals surface area contributed by atoms with E-state index in [0.29, 0.717) is 49.4 Å². The van der Waals surface area contributed by atoms with Crippen LogP contribution in [0.4, 0.5) is 5.69 Å². The molecular weight excluding hydrogens is 566 g/mol. The molecule has 3 unspecified atom stereocenters. The van der Waals surface area contributed by atoms with Crippen molar-refractivity contribution in [3.63, 3.8) is 0 Å². The number of anilines is 1. The van der Waals surface area contributed by atoms with Crippen molar-refractivity contribution in [3.05, 3.63) is 47.8 Å². The summed E-state index contributed by atoms with van der Waals surface area (Å²) in [6, 6.07) is 8.65. The molecule has 2 heterocycles. The Labute approximate surface area is 267 Å². The van der Waals surface area contributed by atoms with E-state index >= 15 is 0 Å². The molecule has 6 rings (SSSR count). The van der Waals surface area contributed by atoms with Crippen LogP contribution in [-0.4, -0.2) is 53.3 Å². The number of nitrogens with zero attached hydrogens (tertiary/aromatic N) is 2. The van der Waals surface area contributed by atoms with Crippen LogP contribution < -0.4 is 16.0 Å². The van der Waals surface area contributed by atoms with Gasteiger partial charge in [0.15, 0.2) is 0 Å². The van der Waals surface area contributed by atoms with E-state index in [2.05, 4.69) is 41.8 Å². The first kappa shape index (κ1) is 31.8. The molecule has 4 aliphatic rings. The number of aromatic nitrogens is 2. The number of hydrogen-bond acceptors (Lipinski definition) is 5. The molecule has 9 nitrogen and oxygen atoms in total. The van der Waals surface area contributed by atoms with Crippen molar-refractivity contribution < 1.29 is 19.1 Å². The lowest BCUT2D eigenvalue weighted by Crippen LogP contribution is -2.54. The third-order valence-electron chi connectivity index (χ3n) is 11.6. The highest BCUT2D eigenvalue weighted by Crippen LogP contribution is 2.53. The summed E-state index contributed by atoms with van der Waals surface area (Å²) in [6.45, 7) is 8.39. The Bertz CT molecular complexity index is 1400. The summed E-state index contributed by atoms with van der Waals surface area (Å²) < 4.78 is 7.35. The minimum Gasteiger partial charge on any atom is -0.380 e. The van der Waals surface area contributed by atoms with E-state index in [4.69, 9.17) is 4.74 Å². The summed E-state index contributed by atoms with van der Waals surface area (Å²) in [5, 5.41) is 13.8. The fraction of sp³-hybridized carbons (Fsp3) is 0.667. The van der Waals surface area contributed by atoms with E-state index in [1.54, 1.807) is 24.0 Å². The molecule has 244 valence electrons. The number of aryl methyl sites for hydroxylation is 1. The average Bonchev–Trinajstić information content (AvgIpc) is 3.52. The van der Waals surface area contributed by atoms with Gasteiger partial charge in [-0.3, -0.25) is 19.1 Å². The second kappa shape index (κ2) is 12.5. The zero-order valence-corrected chi connectivity index (χ0v) is 27.5. The van der Waals surface area contributed by atoms with Gasteiger partial charge in [0.25, 0.3) is 5.91 Å². The van der Waals surface area contributed by atoms with Gasteiger partial charge >= 0.3 is 0 Å². The van der Waals surface area contributed by atoms with Gasteiger partial charge in [0.05, 0.1) is 12.0 Å². The smallest absolute Gasteiger partial charge is 0.270 e. The predicted octanol–water partition coefficient (Wildman–Crippen LogP) is 5.36. The first-order valence-corrected chi connectivity index (χ1v) is 17.1. The Balaban J connectivity index is 1.26. The summed E-state index contributed by atoms with van der Waals surface area (Å²) in [5.41, 5.74) is 1.36. The highest BCUT2D eigenvalue weighted by atomic mass is 16.5. The fourth-order valence-electron chi connectivity index (χ4n) is 8.33. The molecule has 1 aliphatic heterocycles. The topological polar surface area (TPSA) is 114 Å². The number of nitrogens with one attached hydrogen (secondary N) is 3. The number of rotatable bonds is 11. The van der Waals surface area contributed by atoms with Gasteiger partial charge in [-0.25, -0.2) is 0 Å². The number of ether oxygens (including phenoxy) is 1. The van der Waals surface area contributed by atoms with Crippen molar-refractivity contribution in [1.82, 2.24) is 20.4 Å². The van der Waals surface area contributed by atoms with Gasteiger partial charge < -0.3 is 20.7 Å². The summed E-state index contributed by atoms with van der Waals surface area (Å²) >= 11 is 0. The van der Waals surface area contributed by atoms with E-state index in [-0.39, 0.29) is 34.5 Å². The molecule has 1 aromatic carbocycles. The zero-order valence-electron chi connectivity index (χ0n) is 27.5. The quantitative estimate of drug-likeness (QED) is 0.314. The van der Waals surface area contributed by atoms with Crippen LogP contribution in [0.2, 0.25) is 0 Å². The first-order valence-electron chi connectivity index (χ1n) is 17.1. The molecule has 45 heavy (non-hydrogen) atoms. The molecule has 4 fully saturated rings. The Hall–Kier alpha value is -3.20. The largest absolute Gasteiger partial charge is 0.380 e. The summed E-state index contributed by atoms with van der Waals surface area (Å²) in [4.78, 5) is 41.7. The lowest BCUT2D eigenvalue weighted by Gasteiger charge is -2.46. The van der Waals surface area contributed by atoms with Crippen molar-refractivity contribution in [3.8, 4) is 0 Å². The van der Waals surface area contributed by atoms with E-state index in [0.717, 1.165) is 50.5 Å². The zero-order chi connectivity index (χ0) is 31.8. The summed E-state index contributed by atoms with van der Waals surface area (Å²) in [7, 11) is 1.74. The van der Waals surface area contributed by atoms with Gasteiger partial charge in [0.1, 0.15) is 11.7 Å². The minimum absolute atomic E-state index is 0.00811. The highest BCUT2D eigenvalue weighted by molar-refractivity contribution is 6.01. The van der Waals surface area contributed by atoms with Crippen LogP contribution in [0.1, 0.15) is 101 Å². The maximum absolute atomic E-state index is 14.4. The maximum Gasteiger partial charge on any atom is 0.270 e. The Morgan fingerprint density at radius 1 is 1.02 bits per heavy atom. The standard InChI is InChI=1S/C36H51N5O4/c1-34(2)15-6-5-11-27(34)29(24-12-13-24)30(40-31(42)28-14-19-38-41(28)4)32(43)39-26-10-7-9-25(21-26)36(18-20-45-23-36)33(44)37-22-35(3)16-8-17-35/h7,9-10,14,19,21,24,27,29-30H,5-6,8,11-13,15-18,20,22-23H2,1-4H3,(H,37,44)(H,39,43)(H,40,42)/t27?,29?,30-,36?/m0/s1. The van der Waals surface area contributed by atoms with Crippen LogP contribution in [0.3, 0.4) is 0 Å². The second-order valence-electron chi connectivity index (χ2n) is 15.3. The van der Waals surface area contributed by atoms with Crippen molar-refractivity contribution >= 4 is 23.4 Å². The van der Waals surface area contributed by atoms with Gasteiger partial charge in [0.2, 0.25) is 11.8 Å². The third-order valence-corrected chi connectivity index (χ3v) is 11.6. The fourth-order valence-corrected chi connectivity index (χ4v) is 8.33. The molecule has 3 amide bonds. The van der Waals surface area contributed by atoms with E-state index in [1.807, 2.05) is 24.3 Å². The first-order chi connectivity index (χ1) is 21.5. The van der Waals surface area contributed by atoms with Crippen LogP contribution in [0.25, 0.3) is 0 Å². The Morgan fingerprint density at radius 2 is 1.82 bits per heavy atom. The molecule has 3 saturated carbocycles. The molecule has 0 bridgehead atoms. The summed E-state index contributed by atoms with van der Waals surface area (Å²) in [5.74, 6) is 0.261. The maximum atomic E-state index is 14.4. The third kappa shape index (κ3) is 6.56. The lowest BCUT2D eigenvalue weighted by molar-refractivity contribution is -0.127. The van der Waals surface area contributed by atoms with Crippen LogP contribution in [0, 0.1) is 28.6 Å². The molecule has 0 radical (unpaired) electrons. The Morgan fingerprint density at radius 3 is 2.44 bits per heavy atom. The monoisotopic (exact) mass is 617 g/mol. The van der Waals surface area contributed by atoms with E-state index in [1.165, 1.54) is 12.8 Å². The molecule has 9 heteroatoms. The van der Waals surface area contributed by atoms with Crippen LogP contribution in [0.5, 0.6) is 0 Å².